The van der Waals surface area contributed by atoms with Crippen molar-refractivity contribution >= 4 is 116 Å². The van der Waals surface area contributed by atoms with Gasteiger partial charge in [-0.05, 0) is 271 Å². The standard InChI is InChI=1S/C28H31F5N4O.C22H27F3IN3O.C18H23IN2.C12H16BF2NO2.C5H6ClF3O.C5H7F3O2.CH4.ClH/c1-7-15-10-9-11-16(8-2)22(15)37-23(17-12-20(30)21(34)13-19(17)29)18-14-36(27(5,6)24(18)35-37)25(38)26(3,4)28(31,32)33;1-7-13-10-9-11-14(8-2)16(13)29-18(26)15-12-28(21(5,6)17(15)27-29)19(30)20(3,4)22(23,24)25;1-5-12-8-7-9-13(6-2)15(12)21-17(19)14-10-11-18(3,4)16(14)20-21;1-11(2)12(3,4)18-13(17-11)7-5-9(15)10(16)6-8(7)14;1-4(2,3(6)10)5(7,8)9;1-4(2,3(9)10)5(6,7)8;;/h9-13H,7-8,14,34H2,1-6H3;9-11H,7-8,12H2,1-6H3;7-9H,5-6,10-11H2,1-4H3;5-6H,16H2,1-4H3;1-2H3;1-2H3,(H,9,10);1H4;1H. The molecular weight excluding hydrogens is 1980 g/mol. The Balaban J connectivity index is 0.000000290. The lowest BCUT2D eigenvalue weighted by Gasteiger charge is -2.38. The Labute approximate surface area is 782 Å². The number of halogens is 20. The number of aromatic nitrogens is 6. The van der Waals surface area contributed by atoms with Crippen molar-refractivity contribution in [3.05, 3.63) is 177 Å². The second kappa shape index (κ2) is 40.2. The second-order valence-electron chi connectivity index (χ2n) is 36.2. The number of carboxylic acids is 1. The van der Waals surface area contributed by atoms with Gasteiger partial charge in [0, 0.05) is 39.2 Å². The summed E-state index contributed by atoms with van der Waals surface area (Å²) < 4.78 is 229. The number of carbonyl (C=O) groups excluding carboxylic acids is 3. The minimum atomic E-state index is -4.79. The molecule has 0 bridgehead atoms. The van der Waals surface area contributed by atoms with E-state index in [4.69, 9.17) is 52.8 Å². The van der Waals surface area contributed by atoms with Gasteiger partial charge in [0.25, 0.3) is 0 Å². The zero-order valence-corrected chi connectivity index (χ0v) is 81.8. The largest absolute Gasteiger partial charge is 0.497 e. The topological polar surface area (TPSA) is 219 Å². The number of carboxylic acid groups (broad SMARTS) is 1. The Morgan fingerprint density at radius 3 is 1.09 bits per heavy atom. The Bertz CT molecular complexity index is 5320. The quantitative estimate of drug-likeness (QED) is 0.0287. The minimum Gasteiger partial charge on any atom is -0.481 e. The van der Waals surface area contributed by atoms with E-state index in [0.717, 1.165) is 140 Å². The van der Waals surface area contributed by atoms with Crippen LogP contribution >= 0.6 is 69.2 Å². The summed E-state index contributed by atoms with van der Waals surface area (Å²) in [5.74, 6) is -6.88. The predicted octanol–water partition coefficient (Wildman–Crippen LogP) is 24.2. The van der Waals surface area contributed by atoms with Crippen LogP contribution in [-0.2, 0) is 103 Å². The highest BCUT2D eigenvalue weighted by Gasteiger charge is 2.61. The number of alkyl halides is 12. The molecule has 6 heterocycles. The lowest BCUT2D eigenvalue weighted by Crippen LogP contribution is -2.52. The van der Waals surface area contributed by atoms with Crippen LogP contribution in [0.4, 0.5) is 81.6 Å². The average Bonchev–Trinajstić information content (AvgIpc) is 1.55. The van der Waals surface area contributed by atoms with Gasteiger partial charge in [0.05, 0.1) is 86.6 Å². The van der Waals surface area contributed by atoms with E-state index in [0.29, 0.717) is 49.3 Å². The summed E-state index contributed by atoms with van der Waals surface area (Å²) in [6.07, 6.45) is -11.2. The van der Waals surface area contributed by atoms with Gasteiger partial charge in [0.15, 0.2) is 5.41 Å². The molecule has 0 unspecified atom stereocenters. The van der Waals surface area contributed by atoms with Crippen molar-refractivity contribution in [3.8, 4) is 28.3 Å². The van der Waals surface area contributed by atoms with Crippen LogP contribution in [0.5, 0.6) is 0 Å². The maximum absolute atomic E-state index is 15.4. The number of benzene rings is 5. The summed E-state index contributed by atoms with van der Waals surface area (Å²) in [5.41, 5.74) is 11.9. The molecule has 0 atom stereocenters. The molecular formula is C91H115BCl2F16I2N10O7. The molecule has 3 aromatic heterocycles. The van der Waals surface area contributed by atoms with Crippen molar-refractivity contribution < 1.29 is 104 Å². The molecule has 714 valence electrons. The van der Waals surface area contributed by atoms with E-state index in [-0.39, 0.29) is 66.4 Å². The number of rotatable bonds is 15. The molecule has 0 saturated carbocycles. The smallest absolute Gasteiger partial charge is 0.481 e. The first kappa shape index (κ1) is 112. The third kappa shape index (κ3) is 21.9. The van der Waals surface area contributed by atoms with Gasteiger partial charge in [-0.25, -0.2) is 31.6 Å². The van der Waals surface area contributed by atoms with Gasteiger partial charge in [-0.3, -0.25) is 19.2 Å². The molecule has 8 aromatic rings. The molecule has 4 aliphatic rings. The number of para-hydroxylation sites is 3. The van der Waals surface area contributed by atoms with E-state index < -0.39 is 122 Å². The molecule has 1 fully saturated rings. The van der Waals surface area contributed by atoms with E-state index >= 15 is 4.39 Å². The molecule has 0 spiro atoms. The van der Waals surface area contributed by atoms with Crippen molar-refractivity contribution in [1.29, 1.82) is 0 Å². The highest BCUT2D eigenvalue weighted by molar-refractivity contribution is 14.1. The molecule has 3 aliphatic heterocycles. The van der Waals surface area contributed by atoms with Crippen molar-refractivity contribution in [1.82, 2.24) is 39.1 Å². The van der Waals surface area contributed by atoms with E-state index in [1.165, 1.54) is 43.1 Å². The van der Waals surface area contributed by atoms with Crippen LogP contribution in [0.25, 0.3) is 28.3 Å². The number of aliphatic carboxylic acids is 1. The number of hydrogen-bond donors (Lipinski definition) is 3. The lowest BCUT2D eigenvalue weighted by molar-refractivity contribution is -0.222. The number of hydrogen-bond acceptors (Lipinski definition) is 11. The fourth-order valence-corrected chi connectivity index (χ4v) is 16.1. The van der Waals surface area contributed by atoms with Gasteiger partial charge in [0.1, 0.15) is 46.9 Å². The van der Waals surface area contributed by atoms with Gasteiger partial charge in [0.2, 0.25) is 17.1 Å². The van der Waals surface area contributed by atoms with E-state index in [2.05, 4.69) is 122 Å². The summed E-state index contributed by atoms with van der Waals surface area (Å²) in [7, 11) is -0.926. The molecule has 12 rings (SSSR count). The third-order valence-electron chi connectivity index (χ3n) is 24.5. The van der Waals surface area contributed by atoms with Crippen molar-refractivity contribution in [3.63, 3.8) is 0 Å². The summed E-state index contributed by atoms with van der Waals surface area (Å²) in [6, 6.07) is 22.4. The lowest BCUT2D eigenvalue weighted by atomic mass is 9.78. The maximum atomic E-state index is 15.4. The van der Waals surface area contributed by atoms with Crippen LogP contribution in [0.3, 0.4) is 0 Å². The Morgan fingerprint density at radius 2 is 0.775 bits per heavy atom. The normalized spacial score (nSPS) is 15.9. The fraction of sp³-hybridized carbons (Fsp3) is 0.527. The first-order chi connectivity index (χ1) is 57.9. The van der Waals surface area contributed by atoms with Crippen LogP contribution < -0.4 is 16.9 Å². The highest BCUT2D eigenvalue weighted by Crippen LogP contribution is 2.52. The van der Waals surface area contributed by atoms with Crippen LogP contribution in [0.1, 0.15) is 247 Å². The number of amides is 2. The SMILES string of the molecule is C.CC(C)(C(=O)Cl)C(F)(F)F.CC(C)(C(=O)O)C(F)(F)F.CC1(C)OB(c2cc(F)c(N)cc2F)OC1(C)C.CCc1cccc(CC)c1-n1nc2c(c1-c1cc(F)c(N)cc1F)CN(C(=O)C(C)(C)C(F)(F)F)C2(C)C.CCc1cccc(CC)c1-n1nc2c(c1I)CCC2(C)C.CCc1cccc(CC)c1-n1nc2c(c1I)CN(C(=O)C(C)(C)C(F)(F)F)C2(C)C.Cl. The molecule has 129 heavy (non-hydrogen) atoms. The summed E-state index contributed by atoms with van der Waals surface area (Å²) in [6.45, 7) is 37.5. The molecule has 0 radical (unpaired) electrons. The number of nitrogen functional groups attached to an aromatic ring is 2. The molecule has 5 N–H and O–H groups in total. The van der Waals surface area contributed by atoms with E-state index in [1.807, 2.05) is 70.5 Å². The molecule has 2 amide bonds. The van der Waals surface area contributed by atoms with Gasteiger partial charge < -0.3 is 35.7 Å². The molecule has 17 nitrogen and oxygen atoms in total. The average molecular weight is 2100 g/mol. The number of anilines is 2. The third-order valence-corrected chi connectivity index (χ3v) is 27.2. The van der Waals surface area contributed by atoms with Crippen LogP contribution in [-0.4, -0.2) is 110 Å². The van der Waals surface area contributed by atoms with Gasteiger partial charge in [-0.1, -0.05) is 117 Å². The van der Waals surface area contributed by atoms with Crippen LogP contribution in [0, 0.1) is 52.3 Å². The predicted molar refractivity (Wildman–Crippen MR) is 489 cm³/mol. The van der Waals surface area contributed by atoms with Crippen molar-refractivity contribution in [2.45, 2.75) is 290 Å². The van der Waals surface area contributed by atoms with E-state index in [1.54, 1.807) is 32.4 Å². The monoisotopic (exact) mass is 2100 g/mol. The van der Waals surface area contributed by atoms with Crippen LogP contribution in [0.2, 0.25) is 0 Å². The minimum absolute atomic E-state index is 0. The first-order valence-electron chi connectivity index (χ1n) is 41.1. The Morgan fingerprint density at radius 1 is 0.465 bits per heavy atom. The van der Waals surface area contributed by atoms with Crippen molar-refractivity contribution in [2.24, 2.45) is 21.7 Å². The maximum Gasteiger partial charge on any atom is 0.497 e. The van der Waals surface area contributed by atoms with Crippen LogP contribution in [0.15, 0.2) is 78.9 Å². The number of nitrogens with zero attached hydrogens (tertiary/aromatic N) is 8. The van der Waals surface area contributed by atoms with Gasteiger partial charge in [-0.2, -0.15) is 68.0 Å². The summed E-state index contributed by atoms with van der Waals surface area (Å²) >= 11 is 9.38. The number of aryl methyl sites for hydroxylation is 6. The Hall–Kier alpha value is -7.69. The number of nitrogens with two attached hydrogens (primary N) is 2. The molecule has 5 aromatic carbocycles. The van der Waals surface area contributed by atoms with Crippen molar-refractivity contribution in [2.75, 3.05) is 11.5 Å². The zero-order valence-electron chi connectivity index (χ0n) is 75.9. The molecule has 1 saturated heterocycles. The van der Waals surface area contributed by atoms with Gasteiger partial charge >= 0.3 is 37.8 Å². The molecule has 38 heteroatoms. The Kier molecular flexibility index (Phi) is 34.9. The summed E-state index contributed by atoms with van der Waals surface area (Å²) in [5, 5.41) is 21.3. The fourth-order valence-electron chi connectivity index (χ4n) is 14.3. The van der Waals surface area contributed by atoms with E-state index in [9.17, 15) is 85.0 Å². The molecule has 1 aliphatic carbocycles. The number of fused-ring (bicyclic) bond motifs is 3. The highest BCUT2D eigenvalue weighted by atomic mass is 127. The number of carbonyl (C=O) groups is 4. The van der Waals surface area contributed by atoms with Gasteiger partial charge in [-0.15, -0.1) is 12.4 Å². The summed E-state index contributed by atoms with van der Waals surface area (Å²) in [4.78, 5) is 48.8. The first-order valence-corrected chi connectivity index (χ1v) is 43.6. The second-order valence-corrected chi connectivity index (χ2v) is 38.6. The zero-order chi connectivity index (χ0) is 97.1.